The molecule has 1 aliphatic heterocycles. The minimum absolute atomic E-state index is 0.121. The summed E-state index contributed by atoms with van der Waals surface area (Å²) >= 11 is 0. The Morgan fingerprint density at radius 3 is 2.16 bits per heavy atom. The molecule has 6 aromatic rings. The number of pyridine rings is 2. The van der Waals surface area contributed by atoms with Crippen LogP contribution in [0.2, 0.25) is 0 Å². The van der Waals surface area contributed by atoms with E-state index in [-0.39, 0.29) is 16.8 Å². The van der Waals surface area contributed by atoms with Crippen LogP contribution < -0.4 is 9.13 Å². The number of hydrogen-bond acceptors (Lipinski definition) is 0. The molecule has 0 amide bonds. The Balaban J connectivity index is 1.46. The van der Waals surface area contributed by atoms with E-state index in [0.29, 0.717) is 0 Å². The molecule has 3 heterocycles. The van der Waals surface area contributed by atoms with Gasteiger partial charge in [-0.2, -0.15) is 4.57 Å². The number of nitrogens with zero attached hydrogens (tertiary/aromatic N) is 2. The molecule has 2 aliphatic carbocycles. The maximum atomic E-state index is 16.8. The summed E-state index contributed by atoms with van der Waals surface area (Å²) in [7, 11) is 2.19. The summed E-state index contributed by atoms with van der Waals surface area (Å²) in [6, 6.07) is 26.8. The van der Waals surface area contributed by atoms with E-state index in [1.807, 2.05) is 0 Å². The smallest absolute Gasteiger partial charge is 0.207 e. The van der Waals surface area contributed by atoms with Gasteiger partial charge in [0.05, 0.1) is 21.9 Å². The van der Waals surface area contributed by atoms with Crippen LogP contribution in [0.4, 0.5) is 4.39 Å². The molecule has 0 saturated carbocycles. The van der Waals surface area contributed by atoms with Gasteiger partial charge in [-0.15, -0.1) is 0 Å². The molecule has 4 aromatic carbocycles. The minimum atomic E-state index is -0.519. The van der Waals surface area contributed by atoms with Gasteiger partial charge in [0.25, 0.3) is 0 Å². The standard InChI is InChI=1S/C48H49FN2/c1-9-12-15-29-20-22-37-40-31(29)25-27-51-45(40)42-33(21-23-38(49)43(42)47(37,6)7)34(28-48(51,10-2)11-3)32-17-14-19-36-41(32)44-39-30(24-26-50(44)8)16-13-18-35(39)46(36,4)5/h13-14,16-28H,9-12,15H2,1-8H3/q+2. The maximum absolute atomic E-state index is 16.8. The average molecular weight is 673 g/mol. The molecule has 0 radical (unpaired) electrons. The highest BCUT2D eigenvalue weighted by Crippen LogP contribution is 2.56. The molecule has 0 bridgehead atoms. The Labute approximate surface area is 302 Å². The highest BCUT2D eigenvalue weighted by molar-refractivity contribution is 6.08. The number of benzene rings is 4. The first-order valence-corrected chi connectivity index (χ1v) is 19.1. The number of halogens is 1. The molecule has 3 aliphatic rings. The number of aryl methyl sites for hydroxylation is 2. The van der Waals surface area contributed by atoms with Crippen molar-refractivity contribution in [2.24, 2.45) is 7.05 Å². The molecule has 0 saturated heterocycles. The number of unbranched alkanes of at least 4 members (excludes halogenated alkanes) is 1. The van der Waals surface area contributed by atoms with Gasteiger partial charge in [-0.3, -0.25) is 0 Å². The molecular weight excluding hydrogens is 624 g/mol. The SMILES string of the molecule is CCCCc1ccc2c3c4[n+](ccc13)C(CC)(CC)C=C(c1cccc3c1-c1c5c(cccc5cc[n+]1C)C3(C)C)c1ccc(F)c(c1-4)C2(C)C. The lowest BCUT2D eigenvalue weighted by molar-refractivity contribution is -0.742. The van der Waals surface area contributed by atoms with Gasteiger partial charge < -0.3 is 0 Å². The number of hydrogen-bond donors (Lipinski definition) is 0. The van der Waals surface area contributed by atoms with Crippen LogP contribution in [-0.2, 0) is 29.8 Å². The van der Waals surface area contributed by atoms with Gasteiger partial charge in [-0.25, -0.2) is 8.96 Å². The number of aromatic nitrogens is 2. The second kappa shape index (κ2) is 10.9. The minimum Gasteiger partial charge on any atom is -0.207 e. The van der Waals surface area contributed by atoms with Crippen LogP contribution in [0.5, 0.6) is 0 Å². The van der Waals surface area contributed by atoms with Crippen molar-refractivity contribution in [1.29, 1.82) is 0 Å². The summed E-state index contributed by atoms with van der Waals surface area (Å²) in [6.07, 6.45) is 12.3. The molecule has 0 spiro atoms. The van der Waals surface area contributed by atoms with Crippen molar-refractivity contribution in [2.45, 2.75) is 96.9 Å². The van der Waals surface area contributed by atoms with E-state index in [1.54, 1.807) is 6.07 Å². The van der Waals surface area contributed by atoms with Crippen LogP contribution >= 0.6 is 0 Å². The predicted octanol–water partition coefficient (Wildman–Crippen LogP) is 11.2. The molecule has 0 unspecified atom stereocenters. The van der Waals surface area contributed by atoms with Gasteiger partial charge in [-0.05, 0) is 74.7 Å². The van der Waals surface area contributed by atoms with Gasteiger partial charge in [0.15, 0.2) is 17.9 Å². The van der Waals surface area contributed by atoms with Crippen LogP contribution in [0.25, 0.3) is 49.6 Å². The highest BCUT2D eigenvalue weighted by atomic mass is 19.1. The summed E-state index contributed by atoms with van der Waals surface area (Å²) in [5.41, 5.74) is 13.5. The van der Waals surface area contributed by atoms with Crippen molar-refractivity contribution in [2.75, 3.05) is 0 Å². The zero-order valence-electron chi connectivity index (χ0n) is 31.5. The lowest BCUT2D eigenvalue weighted by Gasteiger charge is -2.36. The monoisotopic (exact) mass is 672 g/mol. The average Bonchev–Trinajstić information content (AvgIpc) is 3.25. The normalized spacial score (nSPS) is 16.9. The molecule has 2 aromatic heterocycles. The Hall–Kier alpha value is -4.63. The lowest BCUT2D eigenvalue weighted by atomic mass is 9.66. The van der Waals surface area contributed by atoms with Crippen molar-refractivity contribution in [3.8, 4) is 22.5 Å². The van der Waals surface area contributed by atoms with Crippen LogP contribution in [0.1, 0.15) is 113 Å². The predicted molar refractivity (Wildman–Crippen MR) is 209 cm³/mol. The summed E-state index contributed by atoms with van der Waals surface area (Å²) in [4.78, 5) is 0. The lowest BCUT2D eigenvalue weighted by Crippen LogP contribution is -2.56. The number of rotatable bonds is 6. The topological polar surface area (TPSA) is 7.76 Å². The van der Waals surface area contributed by atoms with Crippen molar-refractivity contribution < 1.29 is 13.5 Å². The fourth-order valence-electron chi connectivity index (χ4n) is 10.3. The van der Waals surface area contributed by atoms with Crippen LogP contribution in [-0.4, -0.2) is 0 Å². The summed E-state index contributed by atoms with van der Waals surface area (Å²) in [6.45, 7) is 16.1. The Kier molecular flexibility index (Phi) is 6.92. The maximum Gasteiger partial charge on any atom is 0.222 e. The van der Waals surface area contributed by atoms with E-state index in [4.69, 9.17) is 0 Å². The third-order valence-electron chi connectivity index (χ3n) is 13.2. The largest absolute Gasteiger partial charge is 0.222 e. The van der Waals surface area contributed by atoms with E-state index >= 15 is 4.39 Å². The zero-order chi connectivity index (χ0) is 35.6. The molecular formula is C48H49FN2+2. The van der Waals surface area contributed by atoms with Gasteiger partial charge in [0.2, 0.25) is 11.4 Å². The third-order valence-corrected chi connectivity index (χ3v) is 13.2. The van der Waals surface area contributed by atoms with Crippen molar-refractivity contribution in [3.63, 3.8) is 0 Å². The summed E-state index contributed by atoms with van der Waals surface area (Å²) < 4.78 is 21.6. The van der Waals surface area contributed by atoms with Gasteiger partial charge >= 0.3 is 0 Å². The van der Waals surface area contributed by atoms with E-state index < -0.39 is 5.41 Å². The first-order valence-electron chi connectivity index (χ1n) is 19.1. The summed E-state index contributed by atoms with van der Waals surface area (Å²) in [5, 5.41) is 5.22. The number of allylic oxidation sites excluding steroid dienone is 1. The van der Waals surface area contributed by atoms with Crippen LogP contribution in [0.15, 0.2) is 91.3 Å². The molecule has 9 rings (SSSR count). The zero-order valence-corrected chi connectivity index (χ0v) is 31.5. The Bertz CT molecular complexity index is 2510. The van der Waals surface area contributed by atoms with Gasteiger partial charge in [-0.1, -0.05) is 109 Å². The fraction of sp³-hybridized carbons (Fsp3) is 0.333. The summed E-state index contributed by atoms with van der Waals surface area (Å²) in [5.74, 6) is -0.121. The first-order chi connectivity index (χ1) is 24.5. The number of fused-ring (bicyclic) bond motifs is 2. The van der Waals surface area contributed by atoms with Gasteiger partial charge in [0, 0.05) is 41.4 Å². The van der Waals surface area contributed by atoms with Crippen molar-refractivity contribution in [3.05, 3.63) is 136 Å². The van der Waals surface area contributed by atoms with Crippen molar-refractivity contribution in [1.82, 2.24) is 0 Å². The van der Waals surface area contributed by atoms with Gasteiger partial charge in [0.1, 0.15) is 12.9 Å². The molecule has 2 nitrogen and oxygen atoms in total. The molecule has 0 N–H and O–H groups in total. The van der Waals surface area contributed by atoms with Crippen molar-refractivity contribution >= 4 is 27.1 Å². The third kappa shape index (κ3) is 4.09. The Morgan fingerprint density at radius 1 is 0.667 bits per heavy atom. The quantitative estimate of drug-likeness (QED) is 0.156. The van der Waals surface area contributed by atoms with E-state index in [1.165, 1.54) is 71.9 Å². The van der Waals surface area contributed by atoms with Crippen LogP contribution in [0, 0.1) is 5.82 Å². The fourth-order valence-corrected chi connectivity index (χ4v) is 10.3. The Morgan fingerprint density at radius 2 is 1.39 bits per heavy atom. The molecule has 3 heteroatoms. The van der Waals surface area contributed by atoms with E-state index in [9.17, 15) is 0 Å². The van der Waals surface area contributed by atoms with E-state index in [2.05, 4.69) is 150 Å². The molecule has 0 fully saturated rings. The molecule has 51 heavy (non-hydrogen) atoms. The highest BCUT2D eigenvalue weighted by Gasteiger charge is 2.49. The molecule has 0 atom stereocenters. The van der Waals surface area contributed by atoms with Crippen LogP contribution in [0.3, 0.4) is 0 Å². The first kappa shape index (κ1) is 32.3. The molecule has 256 valence electrons. The second-order valence-electron chi connectivity index (χ2n) is 16.4. The second-order valence-corrected chi connectivity index (χ2v) is 16.4. The van der Waals surface area contributed by atoms with E-state index in [0.717, 1.165) is 48.8 Å².